The van der Waals surface area contributed by atoms with Gasteiger partial charge in [-0.15, -0.1) is 0 Å². The molecule has 2 aliphatic rings. The van der Waals surface area contributed by atoms with E-state index in [1.165, 1.54) is 18.2 Å². The van der Waals surface area contributed by atoms with E-state index in [2.05, 4.69) is 10.6 Å². The SMILES string of the molecule is O=C(CCC1CCNC1)NC1CCCN(Cc2c(F)cccc2F)C1. The van der Waals surface area contributed by atoms with Crippen LogP contribution in [0.4, 0.5) is 8.78 Å². The van der Waals surface area contributed by atoms with E-state index in [0.29, 0.717) is 18.9 Å². The number of benzene rings is 1. The second-order valence-corrected chi connectivity index (χ2v) is 7.24. The second-order valence-electron chi connectivity index (χ2n) is 7.24. The van der Waals surface area contributed by atoms with Gasteiger partial charge in [-0.2, -0.15) is 0 Å². The third kappa shape index (κ3) is 5.22. The number of rotatable bonds is 6. The van der Waals surface area contributed by atoms with Gasteiger partial charge >= 0.3 is 0 Å². The first-order valence-corrected chi connectivity index (χ1v) is 9.27. The van der Waals surface area contributed by atoms with Crippen molar-refractivity contribution in [2.75, 3.05) is 26.2 Å². The van der Waals surface area contributed by atoms with Gasteiger partial charge < -0.3 is 10.6 Å². The molecule has 3 rings (SSSR count). The third-order valence-corrected chi connectivity index (χ3v) is 5.26. The standard InChI is InChI=1S/C19H27F2N3O/c20-17-4-1-5-18(21)16(17)13-24-10-2-3-15(12-24)23-19(25)7-6-14-8-9-22-11-14/h1,4-5,14-15,22H,2-3,6-13H2,(H,23,25). The Morgan fingerprint density at radius 2 is 2.08 bits per heavy atom. The fourth-order valence-corrected chi connectivity index (χ4v) is 3.82. The summed E-state index contributed by atoms with van der Waals surface area (Å²) in [4.78, 5) is 14.2. The van der Waals surface area contributed by atoms with Crippen LogP contribution >= 0.6 is 0 Å². The first-order valence-electron chi connectivity index (χ1n) is 9.27. The Bertz CT molecular complexity index is 570. The monoisotopic (exact) mass is 351 g/mol. The zero-order chi connectivity index (χ0) is 17.6. The Balaban J connectivity index is 1.46. The molecule has 25 heavy (non-hydrogen) atoms. The van der Waals surface area contributed by atoms with Crippen LogP contribution in [0.25, 0.3) is 0 Å². The first-order chi connectivity index (χ1) is 12.1. The molecule has 0 aliphatic carbocycles. The molecule has 2 saturated heterocycles. The van der Waals surface area contributed by atoms with Crippen molar-refractivity contribution in [3.8, 4) is 0 Å². The van der Waals surface area contributed by atoms with Crippen molar-refractivity contribution in [3.05, 3.63) is 35.4 Å². The van der Waals surface area contributed by atoms with Gasteiger partial charge in [-0.1, -0.05) is 6.07 Å². The third-order valence-electron chi connectivity index (χ3n) is 5.26. The van der Waals surface area contributed by atoms with Gasteiger partial charge in [-0.3, -0.25) is 9.69 Å². The van der Waals surface area contributed by atoms with E-state index < -0.39 is 11.6 Å². The molecule has 1 aromatic carbocycles. The topological polar surface area (TPSA) is 44.4 Å². The number of amides is 1. The minimum absolute atomic E-state index is 0.0674. The van der Waals surface area contributed by atoms with Crippen LogP contribution in [0.2, 0.25) is 0 Å². The van der Waals surface area contributed by atoms with Gasteiger partial charge in [0.05, 0.1) is 0 Å². The maximum Gasteiger partial charge on any atom is 0.220 e. The highest BCUT2D eigenvalue weighted by molar-refractivity contribution is 5.76. The molecule has 1 aromatic rings. The molecule has 2 aliphatic heterocycles. The van der Waals surface area contributed by atoms with Crippen LogP contribution in [0, 0.1) is 17.6 Å². The summed E-state index contributed by atoms with van der Waals surface area (Å²) in [5.74, 6) is -0.305. The van der Waals surface area contributed by atoms with Crippen molar-refractivity contribution in [3.63, 3.8) is 0 Å². The van der Waals surface area contributed by atoms with Crippen LogP contribution in [0.15, 0.2) is 18.2 Å². The highest BCUT2D eigenvalue weighted by atomic mass is 19.1. The Morgan fingerprint density at radius 3 is 2.80 bits per heavy atom. The van der Waals surface area contributed by atoms with E-state index in [4.69, 9.17) is 0 Å². The number of hydrogen-bond acceptors (Lipinski definition) is 3. The Kier molecular flexibility index (Phi) is 6.37. The quantitative estimate of drug-likeness (QED) is 0.827. The minimum Gasteiger partial charge on any atom is -0.352 e. The van der Waals surface area contributed by atoms with E-state index in [-0.39, 0.29) is 24.1 Å². The molecule has 138 valence electrons. The van der Waals surface area contributed by atoms with Gasteiger partial charge in [0.15, 0.2) is 0 Å². The highest BCUT2D eigenvalue weighted by Crippen LogP contribution is 2.19. The molecule has 2 fully saturated rings. The van der Waals surface area contributed by atoms with E-state index in [9.17, 15) is 13.6 Å². The molecular formula is C19H27F2N3O. The number of piperidine rings is 1. The summed E-state index contributed by atoms with van der Waals surface area (Å²) in [6.07, 6.45) is 4.49. The molecule has 2 atom stereocenters. The largest absolute Gasteiger partial charge is 0.352 e. The van der Waals surface area contributed by atoms with Crippen LogP contribution in [0.1, 0.15) is 37.7 Å². The van der Waals surface area contributed by atoms with Crippen molar-refractivity contribution in [1.82, 2.24) is 15.5 Å². The Labute approximate surface area is 148 Å². The number of halogens is 2. The number of hydrogen-bond donors (Lipinski definition) is 2. The average molecular weight is 351 g/mol. The summed E-state index contributed by atoms with van der Waals surface area (Å²) >= 11 is 0. The zero-order valence-electron chi connectivity index (χ0n) is 14.6. The fraction of sp³-hybridized carbons (Fsp3) is 0.632. The van der Waals surface area contributed by atoms with Crippen molar-refractivity contribution in [2.24, 2.45) is 5.92 Å². The van der Waals surface area contributed by atoms with Gasteiger partial charge in [-0.25, -0.2) is 8.78 Å². The lowest BCUT2D eigenvalue weighted by molar-refractivity contribution is -0.122. The molecular weight excluding hydrogens is 324 g/mol. The molecule has 4 nitrogen and oxygen atoms in total. The number of carbonyl (C=O) groups is 1. The van der Waals surface area contributed by atoms with E-state index in [1.807, 2.05) is 4.90 Å². The summed E-state index contributed by atoms with van der Waals surface area (Å²) in [5, 5.41) is 6.42. The summed E-state index contributed by atoms with van der Waals surface area (Å²) in [7, 11) is 0. The smallest absolute Gasteiger partial charge is 0.220 e. The molecule has 0 aromatic heterocycles. The van der Waals surface area contributed by atoms with E-state index >= 15 is 0 Å². The predicted molar refractivity (Wildman–Crippen MR) is 93.0 cm³/mol. The molecule has 1 amide bonds. The molecule has 0 radical (unpaired) electrons. The number of nitrogens with zero attached hydrogens (tertiary/aromatic N) is 1. The number of likely N-dealkylation sites (tertiary alicyclic amines) is 1. The van der Waals surface area contributed by atoms with E-state index in [1.54, 1.807) is 0 Å². The average Bonchev–Trinajstić information content (AvgIpc) is 3.10. The molecule has 0 bridgehead atoms. The highest BCUT2D eigenvalue weighted by Gasteiger charge is 2.24. The summed E-state index contributed by atoms with van der Waals surface area (Å²) in [6.45, 7) is 3.76. The maximum atomic E-state index is 13.8. The fourth-order valence-electron chi connectivity index (χ4n) is 3.82. The van der Waals surface area contributed by atoms with Gasteiger partial charge in [0, 0.05) is 31.1 Å². The van der Waals surface area contributed by atoms with Crippen LogP contribution < -0.4 is 10.6 Å². The van der Waals surface area contributed by atoms with Gasteiger partial charge in [0.2, 0.25) is 5.91 Å². The summed E-state index contributed by atoms with van der Waals surface area (Å²) < 4.78 is 27.6. The maximum absolute atomic E-state index is 13.8. The van der Waals surface area contributed by atoms with Crippen LogP contribution in [-0.4, -0.2) is 43.0 Å². The van der Waals surface area contributed by atoms with Crippen molar-refractivity contribution < 1.29 is 13.6 Å². The number of carbonyl (C=O) groups excluding carboxylic acids is 1. The van der Waals surface area contributed by atoms with E-state index in [0.717, 1.165) is 45.3 Å². The van der Waals surface area contributed by atoms with Crippen LogP contribution in [-0.2, 0) is 11.3 Å². The van der Waals surface area contributed by atoms with Crippen molar-refractivity contribution in [1.29, 1.82) is 0 Å². The van der Waals surface area contributed by atoms with Gasteiger partial charge in [0.25, 0.3) is 0 Å². The lowest BCUT2D eigenvalue weighted by Crippen LogP contribution is -2.47. The predicted octanol–water partition coefficient (Wildman–Crippen LogP) is 2.44. The van der Waals surface area contributed by atoms with Crippen LogP contribution in [0.5, 0.6) is 0 Å². The van der Waals surface area contributed by atoms with Crippen molar-refractivity contribution >= 4 is 5.91 Å². The van der Waals surface area contributed by atoms with Gasteiger partial charge in [-0.05, 0) is 63.4 Å². The lowest BCUT2D eigenvalue weighted by Gasteiger charge is -2.33. The lowest BCUT2D eigenvalue weighted by atomic mass is 10.0. The summed E-state index contributed by atoms with van der Waals surface area (Å²) in [5.41, 5.74) is 0.114. The molecule has 0 saturated carbocycles. The molecule has 2 unspecified atom stereocenters. The number of nitrogens with one attached hydrogen (secondary N) is 2. The normalized spacial score (nSPS) is 24.4. The molecule has 0 spiro atoms. The minimum atomic E-state index is -0.503. The Morgan fingerprint density at radius 1 is 1.28 bits per heavy atom. The second kappa shape index (κ2) is 8.72. The zero-order valence-corrected chi connectivity index (χ0v) is 14.6. The molecule has 6 heteroatoms. The van der Waals surface area contributed by atoms with Crippen LogP contribution in [0.3, 0.4) is 0 Å². The molecule has 2 heterocycles. The summed E-state index contributed by atoms with van der Waals surface area (Å²) in [6, 6.07) is 4.03. The van der Waals surface area contributed by atoms with Gasteiger partial charge in [0.1, 0.15) is 11.6 Å². The first kappa shape index (κ1) is 18.3. The Hall–Kier alpha value is -1.53. The van der Waals surface area contributed by atoms with Crippen molar-refractivity contribution in [2.45, 2.75) is 44.7 Å². The molecule has 2 N–H and O–H groups in total.